The van der Waals surface area contributed by atoms with Crippen LogP contribution in [0.3, 0.4) is 0 Å². The van der Waals surface area contributed by atoms with Gasteiger partial charge in [-0.15, -0.1) is 0 Å². The Bertz CT molecular complexity index is 480. The lowest BCUT2D eigenvalue weighted by molar-refractivity contribution is -0.149. The number of carbonyl (C=O) groups is 3. The van der Waals surface area contributed by atoms with Gasteiger partial charge in [-0.05, 0) is 6.42 Å². The van der Waals surface area contributed by atoms with Crippen LogP contribution in [0.2, 0.25) is 0 Å². The van der Waals surface area contributed by atoms with Gasteiger partial charge in [0.05, 0.1) is 0 Å². The Kier molecular flexibility index (Phi) is 3.35. The van der Waals surface area contributed by atoms with E-state index in [1.165, 1.54) is 7.05 Å². The molecule has 1 aromatic heterocycles. The van der Waals surface area contributed by atoms with Crippen molar-refractivity contribution in [2.75, 3.05) is 7.05 Å². The predicted octanol–water partition coefficient (Wildman–Crippen LogP) is -0.532. The summed E-state index contributed by atoms with van der Waals surface area (Å²) in [5.74, 6) is -1.06. The summed E-state index contributed by atoms with van der Waals surface area (Å²) in [4.78, 5) is 39.2. The molecule has 1 saturated heterocycles. The molecule has 0 unspecified atom stereocenters. The molecular weight excluding hydrogens is 240 g/mol. The Morgan fingerprint density at radius 3 is 2.67 bits per heavy atom. The number of likely N-dealkylation sites (tertiary alicyclic amines) is 1. The Labute approximate surface area is 102 Å². The van der Waals surface area contributed by atoms with E-state index in [-0.39, 0.29) is 30.1 Å². The first-order valence-electron chi connectivity index (χ1n) is 5.49. The number of imide groups is 1. The Hall–Kier alpha value is -2.25. The van der Waals surface area contributed by atoms with Crippen molar-refractivity contribution in [2.45, 2.75) is 25.8 Å². The highest BCUT2D eigenvalue weighted by molar-refractivity contribution is 5.97. The SMILES string of the molecule is CNC(=O)c1noc(CN2C(=O)CCCC2=O)n1. The molecule has 0 saturated carbocycles. The second-order valence-electron chi connectivity index (χ2n) is 3.82. The zero-order valence-electron chi connectivity index (χ0n) is 9.80. The molecule has 0 aromatic carbocycles. The van der Waals surface area contributed by atoms with Crippen LogP contribution >= 0.6 is 0 Å². The molecule has 0 atom stereocenters. The molecule has 2 heterocycles. The van der Waals surface area contributed by atoms with E-state index in [1.54, 1.807) is 0 Å². The van der Waals surface area contributed by atoms with Crippen LogP contribution in [0.4, 0.5) is 0 Å². The van der Waals surface area contributed by atoms with Gasteiger partial charge in [0.25, 0.3) is 11.7 Å². The predicted molar refractivity (Wildman–Crippen MR) is 57.1 cm³/mol. The zero-order valence-corrected chi connectivity index (χ0v) is 9.80. The summed E-state index contributed by atoms with van der Waals surface area (Å²) in [6, 6.07) is 0. The van der Waals surface area contributed by atoms with E-state index in [0.29, 0.717) is 19.3 Å². The van der Waals surface area contributed by atoms with Crippen LogP contribution in [0.15, 0.2) is 4.52 Å². The van der Waals surface area contributed by atoms with Gasteiger partial charge in [0.15, 0.2) is 0 Å². The minimum atomic E-state index is -0.485. The van der Waals surface area contributed by atoms with Gasteiger partial charge >= 0.3 is 0 Å². The molecule has 1 aliphatic heterocycles. The van der Waals surface area contributed by atoms with Crippen molar-refractivity contribution in [3.8, 4) is 0 Å². The first-order valence-corrected chi connectivity index (χ1v) is 5.49. The molecule has 3 amide bonds. The van der Waals surface area contributed by atoms with Crippen LogP contribution in [0.5, 0.6) is 0 Å². The molecular formula is C10H12N4O4. The summed E-state index contributed by atoms with van der Waals surface area (Å²) >= 11 is 0. The molecule has 0 bridgehead atoms. The summed E-state index contributed by atoms with van der Waals surface area (Å²) in [5.41, 5.74) is 0. The van der Waals surface area contributed by atoms with Gasteiger partial charge in [-0.2, -0.15) is 4.98 Å². The largest absolute Gasteiger partial charge is 0.352 e. The van der Waals surface area contributed by atoms with E-state index < -0.39 is 5.91 Å². The van der Waals surface area contributed by atoms with E-state index in [2.05, 4.69) is 15.5 Å². The van der Waals surface area contributed by atoms with Crippen LogP contribution in [-0.2, 0) is 16.1 Å². The Morgan fingerprint density at radius 2 is 2.06 bits per heavy atom. The standard InChI is InChI=1S/C10H12N4O4/c1-11-10(17)9-12-6(18-13-9)5-14-7(15)3-2-4-8(14)16/h2-5H2,1H3,(H,11,17). The van der Waals surface area contributed by atoms with Crippen molar-refractivity contribution in [1.29, 1.82) is 0 Å². The van der Waals surface area contributed by atoms with E-state index in [4.69, 9.17) is 4.52 Å². The van der Waals surface area contributed by atoms with Gasteiger partial charge in [0.1, 0.15) is 6.54 Å². The van der Waals surface area contributed by atoms with Gasteiger partial charge in [0, 0.05) is 19.9 Å². The first-order chi connectivity index (χ1) is 8.61. The third-order valence-corrected chi connectivity index (χ3v) is 2.58. The van der Waals surface area contributed by atoms with E-state index >= 15 is 0 Å². The fourth-order valence-corrected chi connectivity index (χ4v) is 1.63. The summed E-state index contributed by atoms with van der Waals surface area (Å²) in [6.07, 6.45) is 1.24. The van der Waals surface area contributed by atoms with Gasteiger partial charge in [-0.1, -0.05) is 5.16 Å². The number of hydrogen-bond donors (Lipinski definition) is 1. The molecule has 18 heavy (non-hydrogen) atoms. The van der Waals surface area contributed by atoms with Crippen molar-refractivity contribution in [3.63, 3.8) is 0 Å². The number of hydrogen-bond acceptors (Lipinski definition) is 6. The maximum atomic E-state index is 11.5. The van der Waals surface area contributed by atoms with Crippen LogP contribution in [-0.4, -0.2) is 39.8 Å². The second kappa shape index (κ2) is 4.94. The average molecular weight is 252 g/mol. The van der Waals surface area contributed by atoms with E-state index in [0.717, 1.165) is 4.90 Å². The van der Waals surface area contributed by atoms with E-state index in [1.807, 2.05) is 0 Å². The lowest BCUT2D eigenvalue weighted by Gasteiger charge is -2.22. The second-order valence-corrected chi connectivity index (χ2v) is 3.82. The number of rotatable bonds is 3. The molecule has 1 fully saturated rings. The Balaban J connectivity index is 2.09. The van der Waals surface area contributed by atoms with Crippen LogP contribution in [0.1, 0.15) is 35.8 Å². The first kappa shape index (κ1) is 12.2. The minimum absolute atomic E-state index is 0.0669. The lowest BCUT2D eigenvalue weighted by Crippen LogP contribution is -2.39. The highest BCUT2D eigenvalue weighted by Crippen LogP contribution is 2.14. The number of aromatic nitrogens is 2. The van der Waals surface area contributed by atoms with Crippen LogP contribution in [0.25, 0.3) is 0 Å². The fourth-order valence-electron chi connectivity index (χ4n) is 1.63. The minimum Gasteiger partial charge on any atom is -0.352 e. The van der Waals surface area contributed by atoms with Crippen molar-refractivity contribution >= 4 is 17.7 Å². The highest BCUT2D eigenvalue weighted by Gasteiger charge is 2.28. The third kappa shape index (κ3) is 2.36. The maximum absolute atomic E-state index is 11.5. The maximum Gasteiger partial charge on any atom is 0.292 e. The molecule has 8 heteroatoms. The van der Waals surface area contributed by atoms with Crippen molar-refractivity contribution in [1.82, 2.24) is 20.4 Å². The lowest BCUT2D eigenvalue weighted by atomic mass is 10.1. The molecule has 0 spiro atoms. The smallest absolute Gasteiger partial charge is 0.292 e. The summed E-state index contributed by atoms with van der Waals surface area (Å²) in [6.45, 7) is -0.0817. The molecule has 96 valence electrons. The van der Waals surface area contributed by atoms with Gasteiger partial charge in [0.2, 0.25) is 17.7 Å². The van der Waals surface area contributed by atoms with Gasteiger partial charge in [-0.25, -0.2) is 0 Å². The number of nitrogens with one attached hydrogen (secondary N) is 1. The number of piperidine rings is 1. The van der Waals surface area contributed by atoms with Crippen molar-refractivity contribution in [2.24, 2.45) is 0 Å². The molecule has 1 aromatic rings. The average Bonchev–Trinajstić information content (AvgIpc) is 2.81. The molecule has 0 radical (unpaired) electrons. The summed E-state index contributed by atoms with van der Waals surface area (Å²) < 4.78 is 4.82. The normalized spacial score (nSPS) is 15.9. The quantitative estimate of drug-likeness (QED) is 0.725. The van der Waals surface area contributed by atoms with E-state index in [9.17, 15) is 14.4 Å². The van der Waals surface area contributed by atoms with Gasteiger partial charge in [-0.3, -0.25) is 19.3 Å². The molecule has 1 aliphatic rings. The Morgan fingerprint density at radius 1 is 1.39 bits per heavy atom. The summed E-state index contributed by atoms with van der Waals surface area (Å²) in [5, 5.41) is 5.80. The zero-order chi connectivity index (χ0) is 13.1. The monoisotopic (exact) mass is 252 g/mol. The number of carbonyl (C=O) groups excluding carboxylic acids is 3. The number of amides is 3. The molecule has 2 rings (SSSR count). The highest BCUT2D eigenvalue weighted by atomic mass is 16.5. The van der Waals surface area contributed by atoms with Crippen molar-refractivity contribution < 1.29 is 18.9 Å². The van der Waals surface area contributed by atoms with Crippen LogP contribution < -0.4 is 5.32 Å². The topological polar surface area (TPSA) is 105 Å². The molecule has 0 aliphatic carbocycles. The van der Waals surface area contributed by atoms with Crippen LogP contribution in [0, 0.1) is 0 Å². The van der Waals surface area contributed by atoms with Crippen molar-refractivity contribution in [3.05, 3.63) is 11.7 Å². The molecule has 1 N–H and O–H groups in total. The summed E-state index contributed by atoms with van der Waals surface area (Å²) in [7, 11) is 1.44. The molecule has 8 nitrogen and oxygen atoms in total. The third-order valence-electron chi connectivity index (χ3n) is 2.58. The van der Waals surface area contributed by atoms with Gasteiger partial charge < -0.3 is 9.84 Å². The fraction of sp³-hybridized carbons (Fsp3) is 0.500. The number of nitrogens with zero attached hydrogens (tertiary/aromatic N) is 3.